The second-order valence-corrected chi connectivity index (χ2v) is 5.73. The summed E-state index contributed by atoms with van der Waals surface area (Å²) >= 11 is 3.62. The molecule has 2 N–H and O–H groups in total. The van der Waals surface area contributed by atoms with Gasteiger partial charge in [0.05, 0.1) is 0 Å². The predicted molar refractivity (Wildman–Crippen MR) is 81.4 cm³/mol. The minimum Gasteiger partial charge on any atom is -0.358 e. The molecule has 5 heteroatoms. The monoisotopic (exact) mass is 325 g/mol. The highest BCUT2D eigenvalue weighted by Crippen LogP contribution is 2.29. The zero-order valence-corrected chi connectivity index (χ0v) is 13.1. The van der Waals surface area contributed by atoms with Gasteiger partial charge in [0.2, 0.25) is 5.91 Å². The molecule has 0 radical (unpaired) electrons. The van der Waals surface area contributed by atoms with Crippen LogP contribution in [0.25, 0.3) is 0 Å². The Balaban J connectivity index is 2.26. The van der Waals surface area contributed by atoms with Gasteiger partial charge >= 0.3 is 0 Å². The molecule has 4 nitrogen and oxygen atoms in total. The third-order valence-corrected chi connectivity index (χ3v) is 4.40. The van der Waals surface area contributed by atoms with E-state index in [1.165, 1.54) is 5.56 Å². The number of hydrogen-bond donors (Lipinski definition) is 2. The number of halogens is 1. The van der Waals surface area contributed by atoms with Crippen LogP contribution in [0.2, 0.25) is 0 Å². The number of benzene rings is 1. The molecule has 2 atom stereocenters. The normalized spacial score (nSPS) is 21.2. The summed E-state index contributed by atoms with van der Waals surface area (Å²) in [5.41, 5.74) is 2.31. The lowest BCUT2D eigenvalue weighted by atomic mass is 10.1. The van der Waals surface area contributed by atoms with Crippen molar-refractivity contribution in [2.75, 3.05) is 25.0 Å². The fraction of sp³-hybridized carbons (Fsp3) is 0.500. The molecule has 1 fully saturated rings. The lowest BCUT2D eigenvalue weighted by Crippen LogP contribution is -2.54. The van der Waals surface area contributed by atoms with Crippen LogP contribution < -0.4 is 15.5 Å². The predicted octanol–water partition coefficient (Wildman–Crippen LogP) is 2.05. The van der Waals surface area contributed by atoms with E-state index in [1.807, 2.05) is 14.0 Å². The molecule has 19 heavy (non-hydrogen) atoms. The zero-order chi connectivity index (χ0) is 14.0. The summed E-state index contributed by atoms with van der Waals surface area (Å²) in [6.07, 6.45) is 0. The summed E-state index contributed by atoms with van der Waals surface area (Å²) in [6, 6.07) is 6.47. The number of amides is 1. The van der Waals surface area contributed by atoms with Gasteiger partial charge in [-0.15, -0.1) is 0 Å². The molecule has 0 saturated carbocycles. The Morgan fingerprint density at radius 1 is 1.53 bits per heavy atom. The standard InChI is InChI=1S/C14H20BrN3O/c1-9(16-3)12-5-4-11(8-13(12)15)18-7-6-17-14(19)10(18)2/h4-5,8-10,16H,6-7H2,1-3H3,(H,17,19). The Labute approximate surface area is 122 Å². The van der Waals surface area contributed by atoms with Gasteiger partial charge in [0.1, 0.15) is 6.04 Å². The van der Waals surface area contributed by atoms with Gasteiger partial charge in [0, 0.05) is 29.3 Å². The fourth-order valence-electron chi connectivity index (χ4n) is 2.34. The van der Waals surface area contributed by atoms with Crippen LogP contribution in [0.3, 0.4) is 0 Å². The van der Waals surface area contributed by atoms with Gasteiger partial charge in [0.15, 0.2) is 0 Å². The van der Waals surface area contributed by atoms with E-state index in [9.17, 15) is 4.79 Å². The van der Waals surface area contributed by atoms with Crippen LogP contribution >= 0.6 is 15.9 Å². The summed E-state index contributed by atoms with van der Waals surface area (Å²) in [5.74, 6) is 0.0926. The van der Waals surface area contributed by atoms with Gasteiger partial charge in [0.25, 0.3) is 0 Å². The lowest BCUT2D eigenvalue weighted by Gasteiger charge is -2.35. The van der Waals surface area contributed by atoms with E-state index in [1.54, 1.807) is 0 Å². The third kappa shape index (κ3) is 2.92. The summed E-state index contributed by atoms with van der Waals surface area (Å²) in [5, 5.41) is 6.11. The topological polar surface area (TPSA) is 44.4 Å². The molecular formula is C14H20BrN3O. The first kappa shape index (κ1) is 14.3. The second-order valence-electron chi connectivity index (χ2n) is 4.88. The van der Waals surface area contributed by atoms with Crippen LogP contribution in [0.5, 0.6) is 0 Å². The minimum atomic E-state index is -0.117. The van der Waals surface area contributed by atoms with Crippen LogP contribution in [0.1, 0.15) is 25.5 Å². The van der Waals surface area contributed by atoms with E-state index in [2.05, 4.69) is 56.6 Å². The molecule has 0 aliphatic carbocycles. The van der Waals surface area contributed by atoms with Crippen LogP contribution in [0, 0.1) is 0 Å². The van der Waals surface area contributed by atoms with Gasteiger partial charge in [-0.3, -0.25) is 4.79 Å². The molecule has 1 saturated heterocycles. The van der Waals surface area contributed by atoms with E-state index in [-0.39, 0.29) is 11.9 Å². The first-order valence-corrected chi connectivity index (χ1v) is 7.35. The highest BCUT2D eigenvalue weighted by molar-refractivity contribution is 9.10. The molecule has 1 aliphatic heterocycles. The average Bonchev–Trinajstić information content (AvgIpc) is 2.41. The maximum Gasteiger partial charge on any atom is 0.242 e. The van der Waals surface area contributed by atoms with E-state index < -0.39 is 0 Å². The Morgan fingerprint density at radius 3 is 2.89 bits per heavy atom. The lowest BCUT2D eigenvalue weighted by molar-refractivity contribution is -0.122. The Morgan fingerprint density at radius 2 is 2.26 bits per heavy atom. The van der Waals surface area contributed by atoms with E-state index in [4.69, 9.17) is 0 Å². The van der Waals surface area contributed by atoms with Crippen molar-refractivity contribution in [1.82, 2.24) is 10.6 Å². The molecule has 104 valence electrons. The molecule has 0 aromatic heterocycles. The summed E-state index contributed by atoms with van der Waals surface area (Å²) in [7, 11) is 1.95. The summed E-state index contributed by atoms with van der Waals surface area (Å²) in [6.45, 7) is 5.61. The number of carbonyl (C=O) groups excluding carboxylic acids is 1. The number of nitrogens with one attached hydrogen (secondary N) is 2. The third-order valence-electron chi connectivity index (χ3n) is 3.71. The Bertz CT molecular complexity index is 478. The van der Waals surface area contributed by atoms with Crippen LogP contribution in [0.4, 0.5) is 5.69 Å². The van der Waals surface area contributed by atoms with Gasteiger partial charge in [-0.2, -0.15) is 0 Å². The zero-order valence-electron chi connectivity index (χ0n) is 11.5. The van der Waals surface area contributed by atoms with Crippen LogP contribution in [-0.4, -0.2) is 32.1 Å². The quantitative estimate of drug-likeness (QED) is 0.894. The highest BCUT2D eigenvalue weighted by Gasteiger charge is 2.25. The minimum absolute atomic E-state index is 0.0926. The number of carbonyl (C=O) groups is 1. The number of piperazine rings is 1. The molecule has 1 amide bonds. The largest absolute Gasteiger partial charge is 0.358 e. The maximum absolute atomic E-state index is 11.7. The Hall–Kier alpha value is -1.07. The number of hydrogen-bond acceptors (Lipinski definition) is 3. The second kappa shape index (κ2) is 5.92. The van der Waals surface area contributed by atoms with Gasteiger partial charge < -0.3 is 15.5 Å². The van der Waals surface area contributed by atoms with Crippen molar-refractivity contribution in [3.8, 4) is 0 Å². The Kier molecular flexibility index (Phi) is 4.47. The van der Waals surface area contributed by atoms with Gasteiger partial charge in [-0.05, 0) is 38.6 Å². The molecule has 1 aliphatic rings. The van der Waals surface area contributed by atoms with E-state index in [0.717, 1.165) is 16.7 Å². The van der Waals surface area contributed by atoms with Gasteiger partial charge in [-0.1, -0.05) is 22.0 Å². The highest BCUT2D eigenvalue weighted by atomic mass is 79.9. The van der Waals surface area contributed by atoms with Crippen molar-refractivity contribution in [2.45, 2.75) is 25.9 Å². The van der Waals surface area contributed by atoms with Crippen molar-refractivity contribution in [1.29, 1.82) is 0 Å². The van der Waals surface area contributed by atoms with Crippen molar-refractivity contribution in [3.63, 3.8) is 0 Å². The molecule has 2 unspecified atom stereocenters. The smallest absolute Gasteiger partial charge is 0.242 e. The molecule has 2 rings (SSSR count). The van der Waals surface area contributed by atoms with Crippen molar-refractivity contribution < 1.29 is 4.79 Å². The SMILES string of the molecule is CNC(C)c1ccc(N2CCNC(=O)C2C)cc1Br. The van der Waals surface area contributed by atoms with E-state index in [0.29, 0.717) is 12.6 Å². The molecule has 1 aromatic carbocycles. The van der Waals surface area contributed by atoms with E-state index >= 15 is 0 Å². The van der Waals surface area contributed by atoms with Crippen molar-refractivity contribution in [2.24, 2.45) is 0 Å². The summed E-state index contributed by atoms with van der Waals surface area (Å²) < 4.78 is 1.07. The van der Waals surface area contributed by atoms with Crippen LogP contribution in [0.15, 0.2) is 22.7 Å². The molecule has 0 spiro atoms. The average molecular weight is 326 g/mol. The fourth-order valence-corrected chi connectivity index (χ4v) is 3.05. The molecule has 1 heterocycles. The number of nitrogens with zero attached hydrogens (tertiary/aromatic N) is 1. The van der Waals surface area contributed by atoms with Crippen LogP contribution in [-0.2, 0) is 4.79 Å². The molecular weight excluding hydrogens is 306 g/mol. The maximum atomic E-state index is 11.7. The molecule has 0 bridgehead atoms. The van der Waals surface area contributed by atoms with Gasteiger partial charge in [-0.25, -0.2) is 0 Å². The van der Waals surface area contributed by atoms with Crippen molar-refractivity contribution in [3.05, 3.63) is 28.2 Å². The number of anilines is 1. The van der Waals surface area contributed by atoms with Crippen molar-refractivity contribution >= 4 is 27.5 Å². The first-order valence-electron chi connectivity index (χ1n) is 6.55. The molecule has 1 aromatic rings. The number of rotatable bonds is 3. The summed E-state index contributed by atoms with van der Waals surface area (Å²) in [4.78, 5) is 13.8. The first-order chi connectivity index (χ1) is 9.04.